The first kappa shape index (κ1) is 20.7. The number of esters is 1. The smallest absolute Gasteiger partial charge is 0.344 e. The predicted octanol–water partition coefficient (Wildman–Crippen LogP) is 4.05. The lowest BCUT2D eigenvalue weighted by atomic mass is 9.86. The molecular weight excluding hydrogens is 368 g/mol. The molecule has 0 aliphatic heterocycles. The second-order valence-corrected chi connectivity index (χ2v) is 7.40. The van der Waals surface area contributed by atoms with Gasteiger partial charge >= 0.3 is 5.97 Å². The zero-order chi connectivity index (χ0) is 20.5. The van der Waals surface area contributed by atoms with Crippen LogP contribution in [0.5, 0.6) is 5.75 Å². The highest BCUT2D eigenvalue weighted by Gasteiger charge is 2.23. The maximum absolute atomic E-state index is 12.0. The standard InChI is InChI=1S/C23H28N2O4/c1-17-7-5-6-10-21(17)25-22(26)15-29-23(27)16-28-20-13-11-19(12-14-20)24-18-8-3-2-4-9-18/h2-4,8-9,11-14,17,21,24H,5-7,10,15-16H2,1H3,(H,25,26)/t17-,21-/m0/s1. The monoisotopic (exact) mass is 396 g/mol. The lowest BCUT2D eigenvalue weighted by Gasteiger charge is -2.29. The highest BCUT2D eigenvalue weighted by atomic mass is 16.6. The highest BCUT2D eigenvalue weighted by molar-refractivity contribution is 5.81. The van der Waals surface area contributed by atoms with Crippen LogP contribution in [0.3, 0.4) is 0 Å². The third kappa shape index (κ3) is 6.82. The largest absolute Gasteiger partial charge is 0.482 e. The van der Waals surface area contributed by atoms with Crippen molar-refractivity contribution < 1.29 is 19.1 Å². The van der Waals surface area contributed by atoms with Crippen molar-refractivity contribution in [1.29, 1.82) is 0 Å². The number of para-hydroxylation sites is 1. The lowest BCUT2D eigenvalue weighted by molar-refractivity contribution is -0.150. The summed E-state index contributed by atoms with van der Waals surface area (Å²) in [6.45, 7) is 1.63. The van der Waals surface area contributed by atoms with Gasteiger partial charge in [0.15, 0.2) is 13.2 Å². The molecule has 2 N–H and O–H groups in total. The first-order valence-electron chi connectivity index (χ1n) is 10.1. The summed E-state index contributed by atoms with van der Waals surface area (Å²) in [6.07, 6.45) is 4.45. The molecule has 0 heterocycles. The van der Waals surface area contributed by atoms with Gasteiger partial charge in [0.25, 0.3) is 5.91 Å². The van der Waals surface area contributed by atoms with Crippen molar-refractivity contribution in [2.24, 2.45) is 5.92 Å². The van der Waals surface area contributed by atoms with Gasteiger partial charge in [-0.25, -0.2) is 4.79 Å². The Morgan fingerprint density at radius 2 is 1.62 bits per heavy atom. The predicted molar refractivity (Wildman–Crippen MR) is 112 cm³/mol. The van der Waals surface area contributed by atoms with Gasteiger partial charge in [0.2, 0.25) is 0 Å². The van der Waals surface area contributed by atoms with Crippen molar-refractivity contribution in [2.45, 2.75) is 38.6 Å². The van der Waals surface area contributed by atoms with Crippen LogP contribution in [0.15, 0.2) is 54.6 Å². The molecule has 0 aromatic heterocycles. The number of nitrogens with one attached hydrogen (secondary N) is 2. The van der Waals surface area contributed by atoms with Gasteiger partial charge in [-0.1, -0.05) is 38.0 Å². The lowest BCUT2D eigenvalue weighted by Crippen LogP contribution is -2.43. The maximum atomic E-state index is 12.0. The molecule has 0 unspecified atom stereocenters. The molecule has 0 spiro atoms. The molecule has 1 aliphatic rings. The summed E-state index contributed by atoms with van der Waals surface area (Å²) in [6, 6.07) is 17.3. The quantitative estimate of drug-likeness (QED) is 0.659. The van der Waals surface area contributed by atoms with Crippen LogP contribution in [0.4, 0.5) is 11.4 Å². The molecule has 2 aromatic carbocycles. The van der Waals surface area contributed by atoms with Crippen molar-refractivity contribution in [1.82, 2.24) is 5.32 Å². The van der Waals surface area contributed by atoms with Crippen LogP contribution in [0.25, 0.3) is 0 Å². The van der Waals surface area contributed by atoms with Crippen LogP contribution in [0, 0.1) is 5.92 Å². The van der Waals surface area contributed by atoms with Crippen molar-refractivity contribution in [3.05, 3.63) is 54.6 Å². The molecule has 154 valence electrons. The molecule has 1 fully saturated rings. The van der Waals surface area contributed by atoms with Gasteiger partial charge in [0, 0.05) is 17.4 Å². The van der Waals surface area contributed by atoms with E-state index in [4.69, 9.17) is 9.47 Å². The van der Waals surface area contributed by atoms with E-state index in [0.29, 0.717) is 11.7 Å². The first-order chi connectivity index (χ1) is 14.1. The minimum atomic E-state index is -0.566. The van der Waals surface area contributed by atoms with Gasteiger partial charge in [-0.2, -0.15) is 0 Å². The molecule has 1 aliphatic carbocycles. The second-order valence-electron chi connectivity index (χ2n) is 7.40. The average molecular weight is 396 g/mol. The fraction of sp³-hybridized carbons (Fsp3) is 0.391. The minimum absolute atomic E-state index is 0.175. The number of carbonyl (C=O) groups is 2. The molecular formula is C23H28N2O4. The summed E-state index contributed by atoms with van der Waals surface area (Å²) in [7, 11) is 0. The third-order valence-corrected chi connectivity index (χ3v) is 5.10. The first-order valence-corrected chi connectivity index (χ1v) is 10.1. The van der Waals surface area contributed by atoms with Crippen molar-refractivity contribution in [2.75, 3.05) is 18.5 Å². The van der Waals surface area contributed by atoms with Crippen molar-refractivity contribution >= 4 is 23.3 Å². The summed E-state index contributed by atoms with van der Waals surface area (Å²) in [4.78, 5) is 23.8. The van der Waals surface area contributed by atoms with E-state index in [1.807, 2.05) is 42.5 Å². The van der Waals surface area contributed by atoms with E-state index in [1.54, 1.807) is 12.1 Å². The number of rotatable bonds is 8. The SMILES string of the molecule is C[C@H]1CCCC[C@@H]1NC(=O)COC(=O)COc1ccc(Nc2ccccc2)cc1. The van der Waals surface area contributed by atoms with Gasteiger partial charge in [-0.15, -0.1) is 0 Å². The molecule has 0 bridgehead atoms. The molecule has 2 aromatic rings. The van der Waals surface area contributed by atoms with Gasteiger partial charge in [0.05, 0.1) is 0 Å². The topological polar surface area (TPSA) is 76.7 Å². The van der Waals surface area contributed by atoms with E-state index in [9.17, 15) is 9.59 Å². The van der Waals surface area contributed by atoms with E-state index < -0.39 is 5.97 Å². The third-order valence-electron chi connectivity index (χ3n) is 5.10. The molecule has 3 rings (SSSR count). The Morgan fingerprint density at radius 3 is 2.34 bits per heavy atom. The molecule has 1 amide bonds. The molecule has 0 radical (unpaired) electrons. The van der Waals surface area contributed by atoms with Crippen LogP contribution in [0.1, 0.15) is 32.6 Å². The van der Waals surface area contributed by atoms with Gasteiger partial charge in [-0.3, -0.25) is 4.79 Å². The zero-order valence-electron chi connectivity index (χ0n) is 16.7. The number of benzene rings is 2. The normalized spacial score (nSPS) is 18.5. The van der Waals surface area contributed by atoms with E-state index in [1.165, 1.54) is 6.42 Å². The molecule has 0 saturated heterocycles. The maximum Gasteiger partial charge on any atom is 0.344 e. The summed E-state index contributed by atoms with van der Waals surface area (Å²) >= 11 is 0. The summed E-state index contributed by atoms with van der Waals surface area (Å²) in [5.74, 6) is 0.198. The van der Waals surface area contributed by atoms with Gasteiger partial charge < -0.3 is 20.1 Å². The van der Waals surface area contributed by atoms with E-state index in [2.05, 4.69) is 17.6 Å². The van der Waals surface area contributed by atoms with Crippen molar-refractivity contribution in [3.8, 4) is 5.75 Å². The number of carbonyl (C=O) groups excluding carboxylic acids is 2. The fourth-order valence-corrected chi connectivity index (χ4v) is 3.43. The Kier molecular flexibility index (Phi) is 7.50. The van der Waals surface area contributed by atoms with Crippen LogP contribution in [-0.4, -0.2) is 31.1 Å². The Balaban J connectivity index is 1.36. The fourth-order valence-electron chi connectivity index (χ4n) is 3.43. The van der Waals surface area contributed by atoms with Crippen LogP contribution >= 0.6 is 0 Å². The minimum Gasteiger partial charge on any atom is -0.482 e. The molecule has 2 atom stereocenters. The molecule has 6 nitrogen and oxygen atoms in total. The summed E-state index contributed by atoms with van der Waals surface area (Å²) in [5, 5.41) is 6.23. The van der Waals surface area contributed by atoms with Crippen LogP contribution < -0.4 is 15.4 Å². The van der Waals surface area contributed by atoms with Crippen LogP contribution in [-0.2, 0) is 14.3 Å². The number of ether oxygens (including phenoxy) is 2. The van der Waals surface area contributed by atoms with Gasteiger partial charge in [-0.05, 0) is 55.2 Å². The zero-order valence-corrected chi connectivity index (χ0v) is 16.7. The van der Waals surface area contributed by atoms with E-state index in [0.717, 1.165) is 30.6 Å². The van der Waals surface area contributed by atoms with Gasteiger partial charge in [0.1, 0.15) is 5.75 Å². The number of anilines is 2. The Bertz CT molecular complexity index is 792. The second kappa shape index (κ2) is 10.5. The van der Waals surface area contributed by atoms with E-state index >= 15 is 0 Å². The number of amides is 1. The average Bonchev–Trinajstić information content (AvgIpc) is 2.74. The van der Waals surface area contributed by atoms with Crippen molar-refractivity contribution in [3.63, 3.8) is 0 Å². The van der Waals surface area contributed by atoms with E-state index in [-0.39, 0.29) is 25.2 Å². The summed E-state index contributed by atoms with van der Waals surface area (Å²) < 4.78 is 10.5. The summed E-state index contributed by atoms with van der Waals surface area (Å²) in [5.41, 5.74) is 1.91. The number of hydrogen-bond acceptors (Lipinski definition) is 5. The Morgan fingerprint density at radius 1 is 0.931 bits per heavy atom. The van der Waals surface area contributed by atoms with Crippen LogP contribution in [0.2, 0.25) is 0 Å². The highest BCUT2D eigenvalue weighted by Crippen LogP contribution is 2.23. The molecule has 29 heavy (non-hydrogen) atoms. The Hall–Kier alpha value is -3.02. The molecule has 6 heteroatoms. The Labute approximate surface area is 171 Å². The molecule has 1 saturated carbocycles. The number of hydrogen-bond donors (Lipinski definition) is 2.